The van der Waals surface area contributed by atoms with Gasteiger partial charge >= 0.3 is 0 Å². The molecule has 18 heavy (non-hydrogen) atoms. The van der Waals surface area contributed by atoms with Gasteiger partial charge in [0.25, 0.3) is 0 Å². The van der Waals surface area contributed by atoms with Gasteiger partial charge in [0, 0.05) is 36.5 Å². The van der Waals surface area contributed by atoms with Gasteiger partial charge in [-0.2, -0.15) is 0 Å². The van der Waals surface area contributed by atoms with Crippen molar-refractivity contribution in [1.29, 1.82) is 0 Å². The number of aryl methyl sites for hydroxylation is 1. The van der Waals surface area contributed by atoms with Crippen molar-refractivity contribution in [3.05, 3.63) is 36.0 Å². The number of nitrogens with zero attached hydrogens (tertiary/aromatic N) is 1. The molecule has 0 radical (unpaired) electrons. The van der Waals surface area contributed by atoms with Crippen LogP contribution < -0.4 is 0 Å². The summed E-state index contributed by atoms with van der Waals surface area (Å²) in [7, 11) is 1.99. The molecule has 1 N–H and O–H groups in total. The first-order valence-corrected chi connectivity index (χ1v) is 6.22. The zero-order chi connectivity index (χ0) is 13.3. The second kappa shape index (κ2) is 4.94. The molecule has 0 fully saturated rings. The van der Waals surface area contributed by atoms with Crippen LogP contribution in [-0.2, 0) is 18.3 Å². The Labute approximate surface area is 107 Å². The van der Waals surface area contributed by atoms with Crippen molar-refractivity contribution in [2.24, 2.45) is 13.0 Å². The Morgan fingerprint density at radius 3 is 2.72 bits per heavy atom. The molecule has 0 aliphatic heterocycles. The van der Waals surface area contributed by atoms with Crippen molar-refractivity contribution in [2.75, 3.05) is 0 Å². The SMILES string of the molecule is CC(=O)[C@H](C)[C@H](O)Cc1cn(C)c2ccccc12. The van der Waals surface area contributed by atoms with Gasteiger partial charge in [-0.25, -0.2) is 0 Å². The van der Waals surface area contributed by atoms with Gasteiger partial charge in [0.15, 0.2) is 0 Å². The Balaban J connectivity index is 2.30. The summed E-state index contributed by atoms with van der Waals surface area (Å²) in [6.07, 6.45) is 1.93. The van der Waals surface area contributed by atoms with Gasteiger partial charge in [0.1, 0.15) is 5.78 Å². The van der Waals surface area contributed by atoms with E-state index < -0.39 is 6.10 Å². The molecule has 0 amide bonds. The fraction of sp³-hybridized carbons (Fsp3) is 0.400. The number of benzene rings is 1. The highest BCUT2D eigenvalue weighted by Crippen LogP contribution is 2.23. The summed E-state index contributed by atoms with van der Waals surface area (Å²) < 4.78 is 2.05. The van der Waals surface area contributed by atoms with E-state index in [4.69, 9.17) is 0 Å². The molecule has 0 unspecified atom stereocenters. The Kier molecular flexibility index (Phi) is 3.53. The summed E-state index contributed by atoms with van der Waals surface area (Å²) in [5.41, 5.74) is 2.24. The maximum atomic E-state index is 11.3. The number of ketones is 1. The van der Waals surface area contributed by atoms with Crippen LogP contribution in [0, 0.1) is 5.92 Å². The highest BCUT2D eigenvalue weighted by atomic mass is 16.3. The summed E-state index contributed by atoms with van der Waals surface area (Å²) in [4.78, 5) is 11.3. The second-order valence-electron chi connectivity index (χ2n) is 4.95. The van der Waals surface area contributed by atoms with Gasteiger partial charge in [-0.1, -0.05) is 25.1 Å². The molecule has 1 heterocycles. The molecule has 1 aromatic carbocycles. The second-order valence-corrected chi connectivity index (χ2v) is 4.95. The van der Waals surface area contributed by atoms with Crippen molar-refractivity contribution in [3.63, 3.8) is 0 Å². The molecule has 3 heteroatoms. The minimum absolute atomic E-state index is 0.0303. The quantitative estimate of drug-likeness (QED) is 0.898. The number of aromatic nitrogens is 1. The van der Waals surface area contributed by atoms with E-state index in [2.05, 4.69) is 16.7 Å². The fourth-order valence-corrected chi connectivity index (χ4v) is 2.26. The number of hydrogen-bond acceptors (Lipinski definition) is 2. The van der Waals surface area contributed by atoms with E-state index in [0.29, 0.717) is 6.42 Å². The number of aliphatic hydroxyl groups excluding tert-OH is 1. The zero-order valence-electron chi connectivity index (χ0n) is 11.1. The number of hydrogen-bond donors (Lipinski definition) is 1. The number of rotatable bonds is 4. The van der Waals surface area contributed by atoms with Crippen LogP contribution >= 0.6 is 0 Å². The Morgan fingerprint density at radius 2 is 2.06 bits per heavy atom. The maximum absolute atomic E-state index is 11.3. The first-order chi connectivity index (χ1) is 8.50. The van der Waals surface area contributed by atoms with E-state index in [1.807, 2.05) is 25.4 Å². The third kappa shape index (κ3) is 2.31. The third-order valence-corrected chi connectivity index (χ3v) is 3.63. The molecule has 2 rings (SSSR count). The third-order valence-electron chi connectivity index (χ3n) is 3.63. The number of Topliss-reactive ketones (excluding diaryl/α,β-unsaturated/α-hetero) is 1. The maximum Gasteiger partial charge on any atom is 0.135 e. The first kappa shape index (κ1) is 12.8. The topological polar surface area (TPSA) is 42.2 Å². The predicted octanol–water partition coefficient (Wildman–Crippen LogP) is 2.31. The number of aliphatic hydroxyl groups is 1. The molecule has 96 valence electrons. The summed E-state index contributed by atoms with van der Waals surface area (Å²) in [5.74, 6) is -0.285. The summed E-state index contributed by atoms with van der Waals surface area (Å²) in [6.45, 7) is 3.30. The monoisotopic (exact) mass is 245 g/mol. The van der Waals surface area contributed by atoms with Crippen LogP contribution in [0.25, 0.3) is 10.9 Å². The van der Waals surface area contributed by atoms with Crippen LogP contribution in [0.15, 0.2) is 30.5 Å². The fourth-order valence-electron chi connectivity index (χ4n) is 2.26. The van der Waals surface area contributed by atoms with Crippen LogP contribution in [0.4, 0.5) is 0 Å². The molecular formula is C15H19NO2. The van der Waals surface area contributed by atoms with E-state index in [9.17, 15) is 9.90 Å². The Hall–Kier alpha value is -1.61. The van der Waals surface area contributed by atoms with Crippen LogP contribution in [-0.4, -0.2) is 21.6 Å². The highest BCUT2D eigenvalue weighted by molar-refractivity contribution is 5.84. The zero-order valence-corrected chi connectivity index (χ0v) is 11.1. The van der Waals surface area contributed by atoms with Crippen LogP contribution in [0.1, 0.15) is 19.4 Å². The Bertz CT molecular complexity index is 571. The van der Waals surface area contributed by atoms with Gasteiger partial charge in [-0.15, -0.1) is 0 Å². The lowest BCUT2D eigenvalue weighted by atomic mass is 9.95. The predicted molar refractivity (Wildman–Crippen MR) is 72.5 cm³/mol. The molecule has 1 aromatic heterocycles. The summed E-state index contributed by atoms with van der Waals surface area (Å²) in [5, 5.41) is 11.2. The molecule has 3 nitrogen and oxygen atoms in total. The van der Waals surface area contributed by atoms with E-state index in [1.165, 1.54) is 6.92 Å². The van der Waals surface area contributed by atoms with Gasteiger partial charge < -0.3 is 9.67 Å². The van der Waals surface area contributed by atoms with Crippen molar-refractivity contribution in [3.8, 4) is 0 Å². The first-order valence-electron chi connectivity index (χ1n) is 6.22. The molecule has 0 aliphatic carbocycles. The largest absolute Gasteiger partial charge is 0.392 e. The lowest BCUT2D eigenvalue weighted by Gasteiger charge is -2.15. The molecule has 0 spiro atoms. The van der Waals surface area contributed by atoms with Gasteiger partial charge in [-0.3, -0.25) is 4.79 Å². The molecule has 0 saturated heterocycles. The molecule has 0 bridgehead atoms. The van der Waals surface area contributed by atoms with Crippen molar-refractivity contribution in [2.45, 2.75) is 26.4 Å². The molecular weight excluding hydrogens is 226 g/mol. The average molecular weight is 245 g/mol. The number of para-hydroxylation sites is 1. The van der Waals surface area contributed by atoms with Crippen molar-refractivity contribution >= 4 is 16.7 Å². The number of carbonyl (C=O) groups is 1. The minimum atomic E-state index is -0.617. The van der Waals surface area contributed by atoms with Crippen LogP contribution in [0.5, 0.6) is 0 Å². The van der Waals surface area contributed by atoms with E-state index in [-0.39, 0.29) is 11.7 Å². The number of fused-ring (bicyclic) bond motifs is 1. The van der Waals surface area contributed by atoms with E-state index in [1.54, 1.807) is 6.92 Å². The Morgan fingerprint density at radius 1 is 1.39 bits per heavy atom. The average Bonchev–Trinajstić information content (AvgIpc) is 2.66. The molecule has 0 saturated carbocycles. The number of carbonyl (C=O) groups excluding carboxylic acids is 1. The highest BCUT2D eigenvalue weighted by Gasteiger charge is 2.20. The molecule has 2 aromatic rings. The van der Waals surface area contributed by atoms with Crippen LogP contribution in [0.3, 0.4) is 0 Å². The van der Waals surface area contributed by atoms with Crippen molar-refractivity contribution in [1.82, 2.24) is 4.57 Å². The summed E-state index contributed by atoms with van der Waals surface area (Å²) >= 11 is 0. The van der Waals surface area contributed by atoms with E-state index in [0.717, 1.165) is 16.5 Å². The lowest BCUT2D eigenvalue weighted by molar-refractivity contribution is -0.123. The van der Waals surface area contributed by atoms with Gasteiger partial charge in [0.05, 0.1) is 6.10 Å². The summed E-state index contributed by atoms with van der Waals surface area (Å²) in [6, 6.07) is 8.10. The minimum Gasteiger partial charge on any atom is -0.392 e. The lowest BCUT2D eigenvalue weighted by Crippen LogP contribution is -2.25. The van der Waals surface area contributed by atoms with Crippen molar-refractivity contribution < 1.29 is 9.90 Å². The van der Waals surface area contributed by atoms with Crippen LogP contribution in [0.2, 0.25) is 0 Å². The van der Waals surface area contributed by atoms with E-state index >= 15 is 0 Å². The normalized spacial score (nSPS) is 14.7. The van der Waals surface area contributed by atoms with Gasteiger partial charge in [-0.05, 0) is 18.6 Å². The van der Waals surface area contributed by atoms with Gasteiger partial charge in [0.2, 0.25) is 0 Å². The molecule has 0 aliphatic rings. The smallest absolute Gasteiger partial charge is 0.135 e. The standard InChI is InChI=1S/C15H19NO2/c1-10(11(2)17)15(18)8-12-9-16(3)14-7-5-4-6-13(12)14/h4-7,9-10,15,18H,8H2,1-3H3/t10-,15+/m0/s1. The molecule has 2 atom stereocenters.